The van der Waals surface area contributed by atoms with Crippen molar-refractivity contribution in [1.29, 1.82) is 0 Å². The number of carbonyl (C=O) groups is 1. The third-order valence-corrected chi connectivity index (χ3v) is 5.12. The Morgan fingerprint density at radius 2 is 2.00 bits per heavy atom. The standard InChI is InChI=1S/C14H26N2O2/c1-10(2)15-7-13-6-5-12(15)8-16(13,11(3)4)9-14(17)18/h10-13H,5-9H2,1-4H3/p+1/t12-,13-,16?/m1/s1. The van der Waals surface area contributed by atoms with Crippen molar-refractivity contribution < 1.29 is 14.4 Å². The van der Waals surface area contributed by atoms with Crippen molar-refractivity contribution in [2.45, 2.75) is 64.7 Å². The Morgan fingerprint density at radius 3 is 2.39 bits per heavy atom. The van der Waals surface area contributed by atoms with E-state index in [2.05, 4.69) is 32.6 Å². The zero-order valence-corrected chi connectivity index (χ0v) is 12.1. The number of hydrogen-bond acceptors (Lipinski definition) is 2. The molecule has 18 heavy (non-hydrogen) atoms. The molecule has 0 aromatic rings. The number of nitrogens with zero attached hydrogens (tertiary/aromatic N) is 2. The van der Waals surface area contributed by atoms with E-state index < -0.39 is 5.97 Å². The molecule has 3 fully saturated rings. The van der Waals surface area contributed by atoms with E-state index >= 15 is 0 Å². The van der Waals surface area contributed by atoms with Crippen LogP contribution in [0.1, 0.15) is 40.5 Å². The van der Waals surface area contributed by atoms with Gasteiger partial charge in [-0.15, -0.1) is 0 Å². The monoisotopic (exact) mass is 255 g/mol. The predicted octanol–water partition coefficient (Wildman–Crippen LogP) is 1.55. The first-order valence-electron chi connectivity index (χ1n) is 7.21. The second-order valence-electron chi connectivity index (χ2n) is 6.61. The summed E-state index contributed by atoms with van der Waals surface area (Å²) in [6.07, 6.45) is 2.44. The molecule has 3 aliphatic heterocycles. The quantitative estimate of drug-likeness (QED) is 0.775. The summed E-state index contributed by atoms with van der Waals surface area (Å²) < 4.78 is 0.795. The molecule has 2 bridgehead atoms. The van der Waals surface area contributed by atoms with E-state index in [1.54, 1.807) is 0 Å². The van der Waals surface area contributed by atoms with Crippen molar-refractivity contribution in [2.24, 2.45) is 0 Å². The lowest BCUT2D eigenvalue weighted by Crippen LogP contribution is -2.75. The number of carboxylic acid groups (broad SMARTS) is 1. The number of aliphatic carboxylic acids is 1. The Bertz CT molecular complexity index is 330. The van der Waals surface area contributed by atoms with Gasteiger partial charge in [0.15, 0.2) is 6.54 Å². The minimum Gasteiger partial charge on any atom is -0.477 e. The van der Waals surface area contributed by atoms with Gasteiger partial charge in [0, 0.05) is 12.5 Å². The second-order valence-corrected chi connectivity index (χ2v) is 6.61. The van der Waals surface area contributed by atoms with Crippen LogP contribution in [0.2, 0.25) is 0 Å². The number of hydrogen-bond donors (Lipinski definition) is 1. The zero-order chi connectivity index (χ0) is 13.5. The number of rotatable bonds is 4. The summed E-state index contributed by atoms with van der Waals surface area (Å²) in [5, 5.41) is 9.25. The Kier molecular flexibility index (Phi) is 3.70. The first-order chi connectivity index (χ1) is 8.36. The lowest BCUT2D eigenvalue weighted by molar-refractivity contribution is -0.975. The summed E-state index contributed by atoms with van der Waals surface area (Å²) in [4.78, 5) is 13.8. The predicted molar refractivity (Wildman–Crippen MR) is 71.4 cm³/mol. The smallest absolute Gasteiger partial charge is 0.359 e. The van der Waals surface area contributed by atoms with E-state index in [9.17, 15) is 9.90 Å². The first kappa shape index (κ1) is 13.8. The Hall–Kier alpha value is -0.610. The summed E-state index contributed by atoms with van der Waals surface area (Å²) in [5.41, 5.74) is 0. The van der Waals surface area contributed by atoms with Crippen LogP contribution in [0.3, 0.4) is 0 Å². The minimum atomic E-state index is -0.646. The van der Waals surface area contributed by atoms with Crippen molar-refractivity contribution >= 4 is 5.97 Å². The molecule has 4 heteroatoms. The van der Waals surface area contributed by atoms with Gasteiger partial charge < -0.3 is 9.59 Å². The van der Waals surface area contributed by atoms with Gasteiger partial charge in [-0.25, -0.2) is 4.79 Å². The van der Waals surface area contributed by atoms with E-state index in [1.807, 2.05) is 0 Å². The van der Waals surface area contributed by atoms with Gasteiger partial charge in [-0.1, -0.05) is 0 Å². The Labute approximate surface area is 110 Å². The minimum absolute atomic E-state index is 0.296. The molecule has 0 radical (unpaired) electrons. The van der Waals surface area contributed by atoms with E-state index in [4.69, 9.17) is 0 Å². The molecular weight excluding hydrogens is 228 g/mol. The SMILES string of the molecule is CC(C)N1C[C@H]2CC[C@@H]1C[N+]2(CC(=O)O)C(C)C. The number of piperazine rings is 1. The third kappa shape index (κ3) is 2.16. The van der Waals surface area contributed by atoms with Crippen molar-refractivity contribution in [2.75, 3.05) is 19.6 Å². The van der Waals surface area contributed by atoms with Crippen LogP contribution in [0.25, 0.3) is 0 Å². The highest BCUT2D eigenvalue weighted by molar-refractivity contribution is 5.68. The van der Waals surface area contributed by atoms with E-state index in [1.165, 1.54) is 12.8 Å². The number of carboxylic acids is 1. The van der Waals surface area contributed by atoms with Crippen molar-refractivity contribution in [1.82, 2.24) is 4.90 Å². The van der Waals surface area contributed by atoms with Gasteiger partial charge in [0.25, 0.3) is 0 Å². The Morgan fingerprint density at radius 1 is 1.33 bits per heavy atom. The molecule has 4 nitrogen and oxygen atoms in total. The summed E-state index contributed by atoms with van der Waals surface area (Å²) >= 11 is 0. The molecule has 3 rings (SSSR count). The van der Waals surface area contributed by atoms with E-state index in [-0.39, 0.29) is 0 Å². The molecule has 0 aliphatic carbocycles. The van der Waals surface area contributed by atoms with Gasteiger partial charge in [0.2, 0.25) is 0 Å². The number of piperidine rings is 2. The largest absolute Gasteiger partial charge is 0.477 e. The van der Waals surface area contributed by atoms with Crippen LogP contribution in [0.4, 0.5) is 0 Å². The zero-order valence-electron chi connectivity index (χ0n) is 12.1. The average Bonchev–Trinajstić information content (AvgIpc) is 2.28. The van der Waals surface area contributed by atoms with Crippen molar-refractivity contribution in [3.05, 3.63) is 0 Å². The maximum Gasteiger partial charge on any atom is 0.359 e. The second kappa shape index (κ2) is 4.82. The molecule has 1 N–H and O–H groups in total. The molecule has 0 spiro atoms. The molecule has 3 saturated heterocycles. The highest BCUT2D eigenvalue weighted by Crippen LogP contribution is 2.37. The van der Waals surface area contributed by atoms with E-state index in [0.717, 1.165) is 17.6 Å². The summed E-state index contributed by atoms with van der Waals surface area (Å²) in [5.74, 6) is -0.646. The Balaban J connectivity index is 2.23. The van der Waals surface area contributed by atoms with Gasteiger partial charge in [-0.3, -0.25) is 4.90 Å². The topological polar surface area (TPSA) is 40.5 Å². The van der Waals surface area contributed by atoms with Crippen LogP contribution in [0.5, 0.6) is 0 Å². The third-order valence-electron chi connectivity index (χ3n) is 5.12. The molecule has 0 saturated carbocycles. The summed E-state index contributed by atoms with van der Waals surface area (Å²) in [7, 11) is 0. The highest BCUT2D eigenvalue weighted by atomic mass is 16.4. The fraction of sp³-hybridized carbons (Fsp3) is 0.929. The van der Waals surface area contributed by atoms with Gasteiger partial charge in [0.1, 0.15) is 6.04 Å². The maximum atomic E-state index is 11.2. The molecule has 1 unspecified atom stereocenters. The van der Waals surface area contributed by atoms with Crippen LogP contribution in [-0.4, -0.2) is 64.3 Å². The number of quaternary nitrogens is 1. The molecule has 3 atom stereocenters. The van der Waals surface area contributed by atoms with Crippen molar-refractivity contribution in [3.8, 4) is 0 Å². The summed E-state index contributed by atoms with van der Waals surface area (Å²) in [6.45, 7) is 11.3. The van der Waals surface area contributed by atoms with Crippen LogP contribution in [-0.2, 0) is 4.79 Å². The highest BCUT2D eigenvalue weighted by Gasteiger charge is 2.53. The molecular formula is C14H27N2O2+. The lowest BCUT2D eigenvalue weighted by atomic mass is 9.85. The first-order valence-corrected chi connectivity index (χ1v) is 7.21. The van der Waals surface area contributed by atoms with E-state index in [0.29, 0.717) is 30.7 Å². The van der Waals surface area contributed by atoms with Gasteiger partial charge in [-0.05, 0) is 34.1 Å². The molecule has 3 heterocycles. The summed E-state index contributed by atoms with van der Waals surface area (Å²) in [6, 6.07) is 2.07. The maximum absolute atomic E-state index is 11.2. The van der Waals surface area contributed by atoms with Gasteiger partial charge in [0.05, 0.1) is 25.2 Å². The van der Waals surface area contributed by atoms with Crippen LogP contribution < -0.4 is 0 Å². The van der Waals surface area contributed by atoms with Crippen LogP contribution in [0, 0.1) is 0 Å². The molecule has 3 aliphatic rings. The normalized spacial score (nSPS) is 36.6. The fourth-order valence-corrected chi connectivity index (χ4v) is 4.08. The molecule has 0 aromatic carbocycles. The number of fused-ring (bicyclic) bond motifs is 3. The van der Waals surface area contributed by atoms with Crippen LogP contribution in [0.15, 0.2) is 0 Å². The van der Waals surface area contributed by atoms with Gasteiger partial charge in [-0.2, -0.15) is 0 Å². The average molecular weight is 255 g/mol. The molecule has 104 valence electrons. The molecule has 0 amide bonds. The fourth-order valence-electron chi connectivity index (χ4n) is 4.08. The van der Waals surface area contributed by atoms with Crippen molar-refractivity contribution in [3.63, 3.8) is 0 Å². The molecule has 0 aromatic heterocycles. The van der Waals surface area contributed by atoms with Gasteiger partial charge >= 0.3 is 5.97 Å². The lowest BCUT2D eigenvalue weighted by Gasteiger charge is -2.59. The van der Waals surface area contributed by atoms with Crippen LogP contribution >= 0.6 is 0 Å².